The van der Waals surface area contributed by atoms with Gasteiger partial charge < -0.3 is 23.2 Å². The molecule has 0 amide bonds. The third-order valence-electron chi connectivity index (χ3n) is 28.0. The zero-order valence-electron chi connectivity index (χ0n) is 76.4. The molecular formula is C127H95BN4O2. The molecule has 19 aromatic carbocycles. The van der Waals surface area contributed by atoms with Gasteiger partial charge in [0, 0.05) is 77.3 Å². The van der Waals surface area contributed by atoms with Crippen molar-refractivity contribution in [3.05, 3.63) is 435 Å². The Morgan fingerprint density at radius 3 is 1.07 bits per heavy atom. The summed E-state index contributed by atoms with van der Waals surface area (Å²) in [6, 6.07) is 157. The molecule has 0 radical (unpaired) electrons. The third kappa shape index (κ3) is 13.7. The van der Waals surface area contributed by atoms with E-state index in [2.05, 4.69) is 489 Å². The maximum atomic E-state index is 11.1. The number of hydrogen-bond acceptors (Lipinski definition) is 5. The van der Waals surface area contributed by atoms with Crippen LogP contribution < -0.4 is 26.2 Å². The van der Waals surface area contributed by atoms with Gasteiger partial charge in [-0.25, -0.2) is 0 Å². The van der Waals surface area contributed by atoms with Gasteiger partial charge in [0.15, 0.2) is 0 Å². The average molecular weight is 1720 g/mol. The molecule has 0 aliphatic carbocycles. The lowest BCUT2D eigenvalue weighted by molar-refractivity contribution is 0.590. The molecule has 2 aliphatic rings. The van der Waals surface area contributed by atoms with Crippen molar-refractivity contribution in [3.63, 3.8) is 0 Å². The summed E-state index contributed by atoms with van der Waals surface area (Å²) in [5, 5.41) is 17.3. The van der Waals surface area contributed by atoms with Gasteiger partial charge in [0.2, 0.25) is 0 Å². The van der Waals surface area contributed by atoms with Crippen molar-refractivity contribution in [2.45, 2.75) is 78.6 Å². The molecule has 0 spiro atoms. The summed E-state index contributed by atoms with van der Waals surface area (Å²) in [4.78, 5) is 5.43. The molecule has 0 fully saturated rings. The van der Waals surface area contributed by atoms with Gasteiger partial charge in [-0.15, -0.1) is 0 Å². The molecule has 7 heteroatoms. The number of hydrogen-bond donors (Lipinski definition) is 0. The quantitative estimate of drug-likeness (QED) is 0.108. The Morgan fingerprint density at radius 1 is 0.246 bits per heavy atom. The van der Waals surface area contributed by atoms with Crippen molar-refractivity contribution < 1.29 is 8.83 Å². The average Bonchev–Trinajstić information content (AvgIpc) is 0.811. The van der Waals surface area contributed by atoms with Crippen LogP contribution in [-0.4, -0.2) is 11.3 Å². The number of benzene rings is 19. The fourth-order valence-corrected chi connectivity index (χ4v) is 21.3. The summed E-state index contributed by atoms with van der Waals surface area (Å²) in [5.74, 6) is 0. The van der Waals surface area contributed by atoms with E-state index >= 15 is 0 Å². The van der Waals surface area contributed by atoms with Crippen LogP contribution in [0.1, 0.15) is 84.6 Å². The number of rotatable bonds is 13. The van der Waals surface area contributed by atoms with E-state index in [1.165, 1.54) is 11.1 Å². The molecule has 0 bridgehead atoms. The molecule has 24 rings (SSSR count). The first-order chi connectivity index (χ1) is 65.3. The molecule has 5 heterocycles. The van der Waals surface area contributed by atoms with Crippen LogP contribution in [0.3, 0.4) is 0 Å². The topological polar surface area (TPSA) is 61.5 Å². The smallest absolute Gasteiger partial charge is 0.252 e. The van der Waals surface area contributed by atoms with Crippen LogP contribution in [0.25, 0.3) is 183 Å². The molecule has 0 saturated heterocycles. The Hall–Kier alpha value is -16.3. The van der Waals surface area contributed by atoms with Crippen molar-refractivity contribution >= 4 is 123 Å². The molecule has 3 aromatic heterocycles. The van der Waals surface area contributed by atoms with Crippen molar-refractivity contribution in [1.29, 1.82) is 5.26 Å². The zero-order chi connectivity index (χ0) is 90.6. The lowest BCUT2D eigenvalue weighted by Gasteiger charge is -2.46. The molecule has 0 atom stereocenters. The Morgan fingerprint density at radius 2 is 0.619 bits per heavy atom. The summed E-state index contributed by atoms with van der Waals surface area (Å²) >= 11 is 0. The second-order valence-corrected chi connectivity index (χ2v) is 39.4. The molecule has 6 nitrogen and oxygen atoms in total. The van der Waals surface area contributed by atoms with Crippen molar-refractivity contribution in [3.8, 4) is 123 Å². The van der Waals surface area contributed by atoms with Crippen molar-refractivity contribution in [2.75, 3.05) is 9.80 Å². The minimum atomic E-state index is -0.467. The number of anilines is 6. The third-order valence-corrected chi connectivity index (χ3v) is 28.0. The predicted molar refractivity (Wildman–Crippen MR) is 565 cm³/mol. The normalized spacial score (nSPS) is 12.6. The SMILES string of the molecule is CC(C)(C)c1cc(-c2ccccc2)c(N2c3cc(-c4cc(-c5ccccc5)cc(-c5ccccc5)c4)ccc3B3c4cc(-c5cc(-c6ccccc6)cc(-c6ccccc6)c5)ccc4N(c4c(-c5cccc6oc7ccccc7c56)cc(C(C)(C)C)cc4-c4cccc5oc6ccccc6c45)c4cc(-n5c6ccc(C#N)cc6c6cc(C(C)(C)C)ccc65)cc2c43)c(-c2ccccc2)c1. The molecule has 2 aliphatic heterocycles. The lowest BCUT2D eigenvalue weighted by Crippen LogP contribution is -2.61. The van der Waals surface area contributed by atoms with Gasteiger partial charge in [0.1, 0.15) is 22.3 Å². The largest absolute Gasteiger partial charge is 0.456 e. The molecule has 22 aromatic rings. The fraction of sp³-hybridized carbons (Fsp3) is 0.0945. The molecule has 134 heavy (non-hydrogen) atoms. The van der Waals surface area contributed by atoms with Crippen molar-refractivity contribution in [2.24, 2.45) is 0 Å². The van der Waals surface area contributed by atoms with E-state index in [0.717, 1.165) is 239 Å². The van der Waals surface area contributed by atoms with E-state index in [9.17, 15) is 5.26 Å². The lowest BCUT2D eigenvalue weighted by atomic mass is 9.33. The first-order valence-corrected chi connectivity index (χ1v) is 46.7. The van der Waals surface area contributed by atoms with E-state index < -0.39 is 12.1 Å². The first-order valence-electron chi connectivity index (χ1n) is 46.7. The van der Waals surface area contributed by atoms with Gasteiger partial charge >= 0.3 is 0 Å². The van der Waals surface area contributed by atoms with Crippen LogP contribution >= 0.6 is 0 Å². The van der Waals surface area contributed by atoms with E-state index in [4.69, 9.17) is 8.83 Å². The molecule has 0 unspecified atom stereocenters. The maximum absolute atomic E-state index is 11.1. The van der Waals surface area contributed by atoms with Gasteiger partial charge in [-0.05, 0) is 278 Å². The van der Waals surface area contributed by atoms with Gasteiger partial charge in [-0.3, -0.25) is 0 Å². The van der Waals surface area contributed by atoms with Crippen molar-refractivity contribution in [1.82, 2.24) is 4.57 Å². The van der Waals surface area contributed by atoms with Gasteiger partial charge in [-0.1, -0.05) is 335 Å². The Balaban J connectivity index is 0.922. The first kappa shape index (κ1) is 81.0. The highest BCUT2D eigenvalue weighted by Gasteiger charge is 2.47. The minimum Gasteiger partial charge on any atom is -0.456 e. The number of nitrogens with zero attached hydrogens (tertiary/aromatic N) is 4. The Labute approximate surface area is 782 Å². The van der Waals surface area contributed by atoms with E-state index in [1.807, 2.05) is 6.07 Å². The number of nitriles is 1. The summed E-state index contributed by atoms with van der Waals surface area (Å²) in [6.45, 7) is 20.5. The highest BCUT2D eigenvalue weighted by Crippen LogP contribution is 2.58. The van der Waals surface area contributed by atoms with Crippen LogP contribution in [0.2, 0.25) is 0 Å². The van der Waals surface area contributed by atoms with E-state index in [1.54, 1.807) is 0 Å². The van der Waals surface area contributed by atoms with Crippen LogP contribution in [0.5, 0.6) is 0 Å². The number of fused-ring (bicyclic) bond motifs is 13. The monoisotopic (exact) mass is 1720 g/mol. The predicted octanol–water partition coefficient (Wildman–Crippen LogP) is 33.1. The Bertz CT molecular complexity index is 8240. The summed E-state index contributed by atoms with van der Waals surface area (Å²) in [7, 11) is 0. The molecule has 0 N–H and O–H groups in total. The van der Waals surface area contributed by atoms with Gasteiger partial charge in [0.05, 0.1) is 39.7 Å². The highest BCUT2D eigenvalue weighted by atomic mass is 16.3. The maximum Gasteiger partial charge on any atom is 0.252 e. The summed E-state index contributed by atoms with van der Waals surface area (Å²) in [5.41, 5.74) is 40.7. The van der Waals surface area contributed by atoms with Gasteiger partial charge in [0.25, 0.3) is 6.71 Å². The summed E-state index contributed by atoms with van der Waals surface area (Å²) in [6.07, 6.45) is 0. The molecule has 0 saturated carbocycles. The van der Waals surface area contributed by atoms with Crippen LogP contribution in [0.15, 0.2) is 421 Å². The van der Waals surface area contributed by atoms with Crippen LogP contribution in [0, 0.1) is 11.3 Å². The second kappa shape index (κ2) is 31.5. The molecular weight excluding hydrogens is 1620 g/mol. The second-order valence-electron chi connectivity index (χ2n) is 39.4. The molecule has 638 valence electrons. The standard InChI is InChI=1S/C127H95BN4O2/c1-125(2,3)94-57-61-111-105(71-94)104-62-79(78-129)54-59-110(104)130(111)97-76-114-122-115(77-97)132(123-102(84-42-24-14-25-43-84)72-95(126(4,5)6)73-103(123)85-44-26-15-27-45-85)113-70-87(93-67-90(82-38-20-12-21-39-82)64-91(68-93)83-40-22-13-23-41-83)55-58-108(113)128(122)109-69-86(92-65-88(80-34-16-10-17-35-80)63-89(66-92)81-36-18-11-19-37-81)56-60-112(109)131(114)124-106(98-48-32-52-118-120(98)100-46-28-30-50-116(100)133-118)74-96(127(7,8)9)75-107(124)99-49-33-53-119-121(99)101-47-29-31-51-117(101)134-119/h10-77H,1-9H3. The van der Waals surface area contributed by atoms with Crippen LogP contribution in [-0.2, 0) is 16.2 Å². The van der Waals surface area contributed by atoms with E-state index in [-0.39, 0.29) is 10.8 Å². The minimum absolute atomic E-state index is 0.213. The van der Waals surface area contributed by atoms with Gasteiger partial charge in [-0.2, -0.15) is 5.26 Å². The number of furan rings is 2. The summed E-state index contributed by atoms with van der Waals surface area (Å²) < 4.78 is 16.7. The Kier molecular flexibility index (Phi) is 19.1. The number of para-hydroxylation sites is 2. The van der Waals surface area contributed by atoms with E-state index in [0.29, 0.717) is 5.56 Å². The fourth-order valence-electron chi connectivity index (χ4n) is 21.3. The number of aromatic nitrogens is 1. The zero-order valence-corrected chi connectivity index (χ0v) is 76.4. The highest BCUT2D eigenvalue weighted by molar-refractivity contribution is 7.00. The van der Waals surface area contributed by atoms with Crippen LogP contribution in [0.4, 0.5) is 34.1 Å².